The number of halogens is 1. The van der Waals surface area contributed by atoms with E-state index in [-0.39, 0.29) is 60.8 Å². The Bertz CT molecular complexity index is 1530. The second-order valence-electron chi connectivity index (χ2n) is 11.1. The van der Waals surface area contributed by atoms with Gasteiger partial charge in [0.2, 0.25) is 23.8 Å². The summed E-state index contributed by atoms with van der Waals surface area (Å²) in [5, 5.41) is 6.14. The molecule has 0 aliphatic carbocycles. The molecule has 4 aromatic rings. The number of carbonyl (C=O) groups excluding carboxylic acids is 2. The minimum atomic E-state index is -0.347. The molecule has 268 valence electrons. The minimum Gasteiger partial charge on any atom is -0.344 e. The molecule has 0 spiro atoms. The second-order valence-corrected chi connectivity index (χ2v) is 11.1. The summed E-state index contributed by atoms with van der Waals surface area (Å²) in [6.07, 6.45) is 6.80. The monoisotopic (exact) mass is 687 g/mol. The fourth-order valence-electron chi connectivity index (χ4n) is 5.58. The normalized spacial score (nSPS) is 13.6. The summed E-state index contributed by atoms with van der Waals surface area (Å²) >= 11 is 0. The Morgan fingerprint density at radius 2 is 1.08 bits per heavy atom. The lowest BCUT2D eigenvalue weighted by Crippen LogP contribution is -2.34. The number of amides is 1. The largest absolute Gasteiger partial charge is 0.344 e. The molecule has 0 radical (unpaired) electrons. The Balaban J connectivity index is -0.00000128. The van der Waals surface area contributed by atoms with Crippen LogP contribution in [0.1, 0.15) is 61.0 Å². The lowest BCUT2D eigenvalue weighted by molar-refractivity contribution is -0.115. The fraction of sp³-hybridized carbons (Fsp3) is 0.324. The van der Waals surface area contributed by atoms with Crippen LogP contribution in [0.2, 0.25) is 0 Å². The molecule has 2 saturated heterocycles. The maximum atomic E-state index is 12.9. The second kappa shape index (κ2) is 19.9. The van der Waals surface area contributed by atoms with Crippen LogP contribution in [0.4, 0.5) is 29.2 Å². The predicted molar refractivity (Wildman–Crippen MR) is 207 cm³/mol. The molecule has 14 heteroatoms. The van der Waals surface area contributed by atoms with Crippen LogP contribution in [0.25, 0.3) is 11.1 Å². The number of aromatic nitrogens is 3. The summed E-state index contributed by atoms with van der Waals surface area (Å²) in [4.78, 5) is 44.3. The van der Waals surface area contributed by atoms with E-state index >= 15 is 0 Å². The van der Waals surface area contributed by atoms with Crippen molar-refractivity contribution in [3.05, 3.63) is 84.4 Å². The Kier molecular flexibility index (Phi) is 17.1. The number of rotatable bonds is 9. The molecule has 2 aliphatic rings. The van der Waals surface area contributed by atoms with Crippen molar-refractivity contribution in [2.24, 2.45) is 0 Å². The highest BCUT2D eigenvalue weighted by Gasteiger charge is 2.20. The number of Topliss-reactive ketones (excluding diaryl/α,β-unsaturated/α-hetero) is 1. The maximum absolute atomic E-state index is 12.9. The topological polar surface area (TPSA) is 243 Å². The Morgan fingerprint density at radius 3 is 1.60 bits per heavy atom. The first-order chi connectivity index (χ1) is 21.1. The van der Waals surface area contributed by atoms with Gasteiger partial charge in [0.25, 0.3) is 0 Å². The third-order valence-electron chi connectivity index (χ3n) is 7.95. The van der Waals surface area contributed by atoms with Crippen LogP contribution in [-0.4, -0.2) is 52.8 Å². The number of carbonyl (C=O) groups is 2. The van der Waals surface area contributed by atoms with Crippen LogP contribution in [0, 0.1) is 0 Å². The average molecular weight is 688 g/mol. The van der Waals surface area contributed by atoms with Crippen LogP contribution in [0.3, 0.4) is 0 Å². The van der Waals surface area contributed by atoms with Crippen molar-refractivity contribution in [2.75, 3.05) is 46.6 Å². The number of hydrogen-bond acceptors (Lipinski definition) is 12. The van der Waals surface area contributed by atoms with Crippen LogP contribution in [0.15, 0.2) is 78.9 Å². The molecular weight excluding hydrogens is 630 g/mol. The van der Waals surface area contributed by atoms with E-state index in [1.54, 1.807) is 12.1 Å². The summed E-state index contributed by atoms with van der Waals surface area (Å²) < 4.78 is 0. The smallest absolute Gasteiger partial charge is 0.233 e. The van der Waals surface area contributed by atoms with Crippen LogP contribution < -0.4 is 45.0 Å². The van der Waals surface area contributed by atoms with Crippen molar-refractivity contribution < 1.29 is 15.3 Å². The molecule has 1 aromatic heterocycles. The molecule has 0 unspecified atom stereocenters. The van der Waals surface area contributed by atoms with E-state index in [0.29, 0.717) is 29.1 Å². The highest BCUT2D eigenvalue weighted by molar-refractivity contribution is 6.11. The number of benzene rings is 3. The summed E-state index contributed by atoms with van der Waals surface area (Å²) in [5.74, 6) is 1.33. The van der Waals surface area contributed by atoms with Gasteiger partial charge >= 0.3 is 0 Å². The van der Waals surface area contributed by atoms with Gasteiger partial charge in [-0.05, 0) is 86.1 Å². The highest BCUT2D eigenvalue weighted by Crippen LogP contribution is 2.25. The summed E-state index contributed by atoms with van der Waals surface area (Å²) in [5.41, 5.74) is 4.06. The molecule has 2 fully saturated rings. The van der Waals surface area contributed by atoms with Crippen molar-refractivity contribution in [2.45, 2.75) is 44.9 Å². The van der Waals surface area contributed by atoms with Gasteiger partial charge in [-0.15, -0.1) is 12.4 Å². The molecular formula is C34H58ClN11O2. The summed E-state index contributed by atoms with van der Waals surface area (Å²) in [7, 11) is 0. The molecule has 3 aromatic carbocycles. The van der Waals surface area contributed by atoms with E-state index in [1.807, 2.05) is 66.7 Å². The lowest BCUT2D eigenvalue weighted by Gasteiger charge is -2.30. The van der Waals surface area contributed by atoms with Gasteiger partial charge in [0.05, 0.1) is 6.42 Å². The molecule has 0 bridgehead atoms. The van der Waals surface area contributed by atoms with Crippen molar-refractivity contribution in [3.63, 3.8) is 0 Å². The van der Waals surface area contributed by atoms with Gasteiger partial charge in [0.1, 0.15) is 0 Å². The van der Waals surface area contributed by atoms with Crippen molar-refractivity contribution in [1.29, 1.82) is 0 Å². The third kappa shape index (κ3) is 10.7. The van der Waals surface area contributed by atoms with E-state index in [4.69, 9.17) is 15.0 Å². The van der Waals surface area contributed by atoms with Gasteiger partial charge in [-0.25, -0.2) is 0 Å². The zero-order valence-corrected chi connectivity index (χ0v) is 28.4. The zero-order chi connectivity index (χ0) is 29.4. The molecule has 0 saturated carbocycles. The molecule has 6 rings (SSSR count). The van der Waals surface area contributed by atoms with E-state index in [0.717, 1.165) is 68.7 Å². The minimum absolute atomic E-state index is 0. The highest BCUT2D eigenvalue weighted by atomic mass is 35.5. The number of hydrogen-bond donors (Lipinski definition) is 6. The molecule has 2 aliphatic heterocycles. The molecule has 1 amide bonds. The Labute approximate surface area is 295 Å². The van der Waals surface area contributed by atoms with Crippen LogP contribution >= 0.6 is 12.4 Å². The van der Waals surface area contributed by atoms with Crippen molar-refractivity contribution in [1.82, 2.24) is 39.6 Å². The maximum Gasteiger partial charge on any atom is 0.233 e. The number of piperidine rings is 2. The fourth-order valence-corrected chi connectivity index (χ4v) is 5.58. The molecule has 14 N–H and O–H groups in total. The standard InChI is InChI=1S/C34H37N7O2.ClH.4H3N.4H2/c42-30(24-31(43)35-28-16-12-26(13-17-28)25-10-4-1-5-11-25)27-14-18-29(19-15-27)36-32-37-33(40-20-6-2-7-21-40)39-34(38-32)41-22-8-3-9-23-41;;;;;;;;;/h1,4-5,10-19H,2-3,6-9,20-24H2,(H,35,43)(H,36,37,38,39);1H;4*1H3;4*1H. The van der Waals surface area contributed by atoms with Crippen LogP contribution in [-0.2, 0) is 4.79 Å². The van der Waals surface area contributed by atoms with Crippen molar-refractivity contribution >= 4 is 53.3 Å². The van der Waals surface area contributed by atoms with Gasteiger partial charge in [0, 0.05) is 48.8 Å². The van der Waals surface area contributed by atoms with Gasteiger partial charge in [-0.3, -0.25) is 9.59 Å². The van der Waals surface area contributed by atoms with E-state index in [9.17, 15) is 9.59 Å². The number of anilines is 5. The zero-order valence-electron chi connectivity index (χ0n) is 27.6. The first-order valence-corrected chi connectivity index (χ1v) is 15.2. The van der Waals surface area contributed by atoms with E-state index in [2.05, 4.69) is 20.4 Å². The first-order valence-electron chi connectivity index (χ1n) is 15.2. The average Bonchev–Trinajstić information content (AvgIpc) is 3.06. The summed E-state index contributed by atoms with van der Waals surface area (Å²) in [6, 6.07) is 24.7. The molecule has 3 heterocycles. The number of nitrogens with one attached hydrogen (secondary N) is 2. The van der Waals surface area contributed by atoms with Gasteiger partial charge in [0.15, 0.2) is 5.78 Å². The van der Waals surface area contributed by atoms with E-state index in [1.165, 1.54) is 12.8 Å². The molecule has 48 heavy (non-hydrogen) atoms. The predicted octanol–water partition coefficient (Wildman–Crippen LogP) is 8.53. The molecule has 0 atom stereocenters. The molecule has 13 nitrogen and oxygen atoms in total. The third-order valence-corrected chi connectivity index (χ3v) is 7.95. The number of ketones is 1. The first kappa shape index (κ1) is 41.4. The Hall–Kier alpha value is -4.66. The van der Waals surface area contributed by atoms with Gasteiger partial charge < -0.3 is 45.0 Å². The quantitative estimate of drug-likeness (QED) is 0.0715. The Morgan fingerprint density at radius 1 is 0.604 bits per heavy atom. The van der Waals surface area contributed by atoms with E-state index < -0.39 is 0 Å². The lowest BCUT2D eigenvalue weighted by atomic mass is 10.1. The summed E-state index contributed by atoms with van der Waals surface area (Å²) in [6.45, 7) is 3.80. The van der Waals surface area contributed by atoms with Crippen LogP contribution in [0.5, 0.6) is 0 Å². The van der Waals surface area contributed by atoms with Gasteiger partial charge in [-0.2, -0.15) is 15.0 Å². The van der Waals surface area contributed by atoms with Gasteiger partial charge in [-0.1, -0.05) is 42.5 Å². The SMILES string of the molecule is Cl.N.N.N.N.O=C(CC(=O)c1ccc(Nc2nc(N3CCCCC3)nc(N3CCCCC3)n2)cc1)Nc1ccc(-c2ccccc2)cc1.[HH].[HH].[HH].[HH]. The van der Waals surface area contributed by atoms with Crippen molar-refractivity contribution in [3.8, 4) is 11.1 Å². The number of nitrogens with zero attached hydrogens (tertiary/aromatic N) is 5.